The Labute approximate surface area is 323 Å². The van der Waals surface area contributed by atoms with E-state index in [2.05, 4.69) is 5.32 Å². The number of carbonyl (C=O) groups excluding carboxylic acids is 3. The lowest BCUT2D eigenvalue weighted by Crippen LogP contribution is -2.40. The molecule has 1 N–H and O–H groups in total. The third kappa shape index (κ3) is 13.1. The monoisotopic (exact) mass is 755 g/mol. The van der Waals surface area contributed by atoms with Crippen LogP contribution in [-0.2, 0) is 33.3 Å². The van der Waals surface area contributed by atoms with Crippen molar-refractivity contribution in [2.75, 3.05) is 31.7 Å². The van der Waals surface area contributed by atoms with Crippen molar-refractivity contribution in [1.82, 2.24) is 0 Å². The van der Waals surface area contributed by atoms with E-state index in [9.17, 15) is 14.4 Å². The van der Waals surface area contributed by atoms with Gasteiger partial charge >= 0.3 is 5.97 Å². The average Bonchev–Trinajstić information content (AvgIpc) is 3.51. The lowest BCUT2D eigenvalue weighted by atomic mass is 9.99. The Bertz CT molecular complexity index is 1640. The van der Waals surface area contributed by atoms with Gasteiger partial charge in [-0.1, -0.05) is 48.6 Å². The smallest absolute Gasteiger partial charge is 0.311 e. The van der Waals surface area contributed by atoms with Crippen LogP contribution in [0.3, 0.4) is 0 Å². The van der Waals surface area contributed by atoms with E-state index in [0.29, 0.717) is 49.5 Å². The SMILES string of the molecule is O=C(CCC/C=C\C[C@H]1C(=O)C[C@@H](OC2CCCCO2)[C@@H]1OCC(COc1ccccc1)OC1CCCCO1)Oc1ccc(NC(=O)c2ccccc2)cc1. The maximum absolute atomic E-state index is 13.4. The number of ketones is 1. The quantitative estimate of drug-likeness (QED) is 0.0560. The highest BCUT2D eigenvalue weighted by molar-refractivity contribution is 6.04. The first-order valence-electron chi connectivity index (χ1n) is 19.7. The molecule has 3 aromatic carbocycles. The lowest BCUT2D eigenvalue weighted by Gasteiger charge is -2.32. The first-order chi connectivity index (χ1) is 27.0. The van der Waals surface area contributed by atoms with Crippen molar-refractivity contribution in [1.29, 1.82) is 0 Å². The van der Waals surface area contributed by atoms with Crippen LogP contribution in [0.25, 0.3) is 0 Å². The number of unbranched alkanes of at least 4 members (excludes halogenated alkanes) is 1. The van der Waals surface area contributed by atoms with Crippen LogP contribution in [0.5, 0.6) is 11.5 Å². The number of esters is 1. The molecule has 6 rings (SSSR count). The molecule has 0 radical (unpaired) electrons. The summed E-state index contributed by atoms with van der Waals surface area (Å²) in [7, 11) is 0. The summed E-state index contributed by atoms with van der Waals surface area (Å²) in [5, 5.41) is 2.83. The van der Waals surface area contributed by atoms with E-state index in [1.54, 1.807) is 48.5 Å². The molecule has 0 bridgehead atoms. The van der Waals surface area contributed by atoms with Crippen molar-refractivity contribution in [3.8, 4) is 11.5 Å². The summed E-state index contributed by atoms with van der Waals surface area (Å²) >= 11 is 0. The standard InChI is InChI=1S/C44H53NO10/c46-38-29-39(55-42-22-12-14-28-50-42)43(52-31-36(54-41-21-11-13-27-49-41)30-51-34-17-7-4-8-18-34)37(38)19-9-1-2-10-20-40(47)53-35-25-23-33(24-26-35)45-44(48)32-15-5-3-6-16-32/h1,3-9,15-18,23-26,36-37,39,41-43H,2,10-14,19-22,27-31H2,(H,45,48)/b9-1-/t36?,37-,39+,41?,42?,43+/m0/s1. The first kappa shape index (κ1) is 40.3. The second-order valence-corrected chi connectivity index (χ2v) is 14.1. The zero-order valence-corrected chi connectivity index (χ0v) is 31.4. The van der Waals surface area contributed by atoms with Crippen LogP contribution in [0.1, 0.15) is 81.0 Å². The van der Waals surface area contributed by atoms with Crippen LogP contribution >= 0.6 is 0 Å². The summed E-state index contributed by atoms with van der Waals surface area (Å²) in [6.45, 7) is 1.79. The van der Waals surface area contributed by atoms with Crippen molar-refractivity contribution >= 4 is 23.3 Å². The van der Waals surface area contributed by atoms with Crippen LogP contribution in [0.4, 0.5) is 5.69 Å². The molecular weight excluding hydrogens is 702 g/mol. The van der Waals surface area contributed by atoms with Gasteiger partial charge < -0.3 is 38.5 Å². The molecule has 6 atom stereocenters. The molecule has 1 amide bonds. The minimum atomic E-state index is -0.481. The Morgan fingerprint density at radius 1 is 0.800 bits per heavy atom. The highest BCUT2D eigenvalue weighted by Crippen LogP contribution is 2.34. The third-order valence-electron chi connectivity index (χ3n) is 9.87. The fourth-order valence-electron chi connectivity index (χ4n) is 6.93. The van der Waals surface area contributed by atoms with Crippen molar-refractivity contribution < 1.29 is 47.5 Å². The second-order valence-electron chi connectivity index (χ2n) is 14.1. The second kappa shape index (κ2) is 21.6. The molecule has 11 heteroatoms. The number of hydrogen-bond donors (Lipinski definition) is 1. The number of benzene rings is 3. The van der Waals surface area contributed by atoms with Gasteiger partial charge in [-0.15, -0.1) is 0 Å². The van der Waals surface area contributed by atoms with Gasteiger partial charge in [0.15, 0.2) is 12.6 Å². The van der Waals surface area contributed by atoms with Gasteiger partial charge in [0, 0.05) is 37.3 Å². The number of carbonyl (C=O) groups is 3. The average molecular weight is 756 g/mol. The van der Waals surface area contributed by atoms with Gasteiger partial charge in [0.25, 0.3) is 5.91 Å². The maximum atomic E-state index is 13.4. The van der Waals surface area contributed by atoms with Crippen molar-refractivity contribution in [3.63, 3.8) is 0 Å². The first-order valence-corrected chi connectivity index (χ1v) is 19.7. The van der Waals surface area contributed by atoms with Crippen LogP contribution in [0.2, 0.25) is 0 Å². The molecule has 0 aromatic heterocycles. The largest absolute Gasteiger partial charge is 0.491 e. The van der Waals surface area contributed by atoms with Crippen LogP contribution in [0, 0.1) is 5.92 Å². The van der Waals surface area contributed by atoms with Crippen LogP contribution in [0.15, 0.2) is 97.1 Å². The van der Waals surface area contributed by atoms with Gasteiger partial charge in [-0.3, -0.25) is 14.4 Å². The fourth-order valence-corrected chi connectivity index (χ4v) is 6.93. The molecule has 1 saturated carbocycles. The van der Waals surface area contributed by atoms with Gasteiger partial charge in [-0.05, 0) is 106 Å². The molecule has 0 spiro atoms. The summed E-state index contributed by atoms with van der Waals surface area (Å²) in [4.78, 5) is 38.4. The van der Waals surface area contributed by atoms with E-state index in [4.69, 9.17) is 33.2 Å². The van der Waals surface area contributed by atoms with E-state index in [0.717, 1.165) is 44.3 Å². The van der Waals surface area contributed by atoms with Crippen molar-refractivity contribution in [2.24, 2.45) is 5.92 Å². The highest BCUT2D eigenvalue weighted by Gasteiger charge is 2.45. The van der Waals surface area contributed by atoms with Gasteiger partial charge in [0.1, 0.15) is 30.0 Å². The number of nitrogens with one attached hydrogen (secondary N) is 1. The number of hydrogen-bond acceptors (Lipinski definition) is 10. The van der Waals surface area contributed by atoms with Gasteiger partial charge in [-0.2, -0.15) is 0 Å². The Morgan fingerprint density at radius 2 is 1.51 bits per heavy atom. The molecule has 1 aliphatic carbocycles. The number of para-hydroxylation sites is 1. The van der Waals surface area contributed by atoms with Crippen LogP contribution in [-0.4, -0.2) is 75.0 Å². The maximum Gasteiger partial charge on any atom is 0.311 e. The number of amides is 1. The van der Waals surface area contributed by atoms with E-state index in [1.807, 2.05) is 48.6 Å². The molecule has 3 aliphatic rings. The summed E-state index contributed by atoms with van der Waals surface area (Å²) in [6.07, 6.45) is 9.88. The summed E-state index contributed by atoms with van der Waals surface area (Å²) in [5.41, 5.74) is 1.16. The molecule has 2 heterocycles. The van der Waals surface area contributed by atoms with Gasteiger partial charge in [0.2, 0.25) is 0 Å². The predicted octanol–water partition coefficient (Wildman–Crippen LogP) is 7.84. The number of allylic oxidation sites excluding steroid dienone is 2. The van der Waals surface area contributed by atoms with E-state index < -0.39 is 24.2 Å². The third-order valence-corrected chi connectivity index (χ3v) is 9.87. The number of rotatable bonds is 19. The minimum absolute atomic E-state index is 0.0957. The van der Waals surface area contributed by atoms with Crippen molar-refractivity contribution in [3.05, 3.63) is 103 Å². The highest BCUT2D eigenvalue weighted by atomic mass is 16.7. The molecule has 294 valence electrons. The van der Waals surface area contributed by atoms with Gasteiger partial charge in [0.05, 0.1) is 24.7 Å². The molecule has 11 nitrogen and oxygen atoms in total. The summed E-state index contributed by atoms with van der Waals surface area (Å²) < 4.78 is 42.6. The Morgan fingerprint density at radius 3 is 2.22 bits per heavy atom. The van der Waals surface area contributed by atoms with Crippen LogP contribution < -0.4 is 14.8 Å². The minimum Gasteiger partial charge on any atom is -0.491 e. The Kier molecular flexibility index (Phi) is 15.8. The fraction of sp³-hybridized carbons (Fsp3) is 0.477. The molecule has 2 aliphatic heterocycles. The molecule has 3 unspecified atom stereocenters. The van der Waals surface area contributed by atoms with Gasteiger partial charge in [-0.25, -0.2) is 0 Å². The zero-order valence-electron chi connectivity index (χ0n) is 31.4. The molecule has 3 aromatic rings. The number of ether oxygens (including phenoxy) is 7. The van der Waals surface area contributed by atoms with Crippen molar-refractivity contribution in [2.45, 2.75) is 102 Å². The lowest BCUT2D eigenvalue weighted by molar-refractivity contribution is -0.226. The topological polar surface area (TPSA) is 128 Å². The molecule has 3 fully saturated rings. The Hall–Kier alpha value is -4.39. The van der Waals surface area contributed by atoms with E-state index >= 15 is 0 Å². The number of Topliss-reactive ketones (excluding diaryl/α,β-unsaturated/α-hetero) is 1. The zero-order chi connectivity index (χ0) is 38.1. The molecule has 55 heavy (non-hydrogen) atoms. The summed E-state index contributed by atoms with van der Waals surface area (Å²) in [5.74, 6) is 0.295. The summed E-state index contributed by atoms with van der Waals surface area (Å²) in [6, 6.07) is 25.2. The van der Waals surface area contributed by atoms with E-state index in [1.165, 1.54) is 0 Å². The normalized spacial score (nSPS) is 23.3. The predicted molar refractivity (Wildman–Crippen MR) is 206 cm³/mol. The van der Waals surface area contributed by atoms with E-state index in [-0.39, 0.29) is 56.3 Å². The number of anilines is 1. The molecule has 2 saturated heterocycles. The Balaban J connectivity index is 0.984. The molecular formula is C44H53NO10.